The molecule has 6 nitrogen and oxygen atoms in total. The van der Waals surface area contributed by atoms with Gasteiger partial charge in [-0.05, 0) is 31.4 Å². The topological polar surface area (TPSA) is 93.4 Å². The highest BCUT2D eigenvalue weighted by Crippen LogP contribution is 2.28. The number of nitrogens with zero attached hydrogens (tertiary/aromatic N) is 2. The second-order valence-corrected chi connectivity index (χ2v) is 5.07. The Balaban J connectivity index is 2.18. The average Bonchev–Trinajstić information content (AvgIpc) is 3.26. The number of carboxylic acid groups (broad SMARTS) is 1. The zero-order valence-electron chi connectivity index (χ0n) is 11.8. The molecule has 0 radical (unpaired) electrons. The third-order valence-electron chi connectivity index (χ3n) is 3.45. The summed E-state index contributed by atoms with van der Waals surface area (Å²) in [7, 11) is 0. The Bertz CT molecular complexity index is 603. The maximum absolute atomic E-state index is 12.3. The van der Waals surface area contributed by atoms with Gasteiger partial charge in [-0.2, -0.15) is 5.26 Å². The van der Waals surface area contributed by atoms with Crippen LogP contribution in [0, 0.1) is 18.3 Å². The number of hydrogen-bond acceptors (Lipinski definition) is 3. The van der Waals surface area contributed by atoms with Crippen molar-refractivity contribution in [3.05, 3.63) is 29.3 Å². The number of nitriles is 1. The van der Waals surface area contributed by atoms with Crippen LogP contribution in [0.1, 0.15) is 35.2 Å². The molecule has 0 aromatic heterocycles. The molecule has 0 unspecified atom stereocenters. The molecule has 0 spiro atoms. The molecule has 0 atom stereocenters. The van der Waals surface area contributed by atoms with Crippen molar-refractivity contribution in [3.63, 3.8) is 0 Å². The van der Waals surface area contributed by atoms with Gasteiger partial charge < -0.3 is 15.3 Å². The second kappa shape index (κ2) is 6.27. The van der Waals surface area contributed by atoms with E-state index in [-0.39, 0.29) is 24.1 Å². The minimum absolute atomic E-state index is 0.0689. The molecule has 0 saturated heterocycles. The van der Waals surface area contributed by atoms with Crippen LogP contribution < -0.4 is 5.32 Å². The molecular weight excluding hydrogens is 270 g/mol. The number of amides is 2. The SMILES string of the molecule is Cc1cccc(C(=O)O)c1NC(=O)N(CCC#N)C1CC1. The standard InChI is InChI=1S/C15H17N3O3/c1-10-4-2-5-12(14(19)20)13(10)17-15(21)18(9-3-8-16)11-6-7-11/h2,4-5,11H,3,6-7,9H2,1H3,(H,17,21)(H,19,20). The number of aromatic carboxylic acids is 1. The van der Waals surface area contributed by atoms with Crippen LogP contribution in [0.2, 0.25) is 0 Å². The van der Waals surface area contributed by atoms with Crippen LogP contribution in [0.3, 0.4) is 0 Å². The summed E-state index contributed by atoms with van der Waals surface area (Å²) in [6.07, 6.45) is 2.13. The highest BCUT2D eigenvalue weighted by atomic mass is 16.4. The summed E-state index contributed by atoms with van der Waals surface area (Å²) in [5.41, 5.74) is 1.08. The van der Waals surface area contributed by atoms with Gasteiger partial charge in [0.05, 0.1) is 23.7 Å². The molecule has 6 heteroatoms. The Kier molecular flexibility index (Phi) is 4.43. The molecule has 0 bridgehead atoms. The summed E-state index contributed by atoms with van der Waals surface area (Å²) in [6, 6.07) is 6.69. The lowest BCUT2D eigenvalue weighted by molar-refractivity contribution is 0.0698. The lowest BCUT2D eigenvalue weighted by Gasteiger charge is -2.22. The highest BCUT2D eigenvalue weighted by molar-refractivity contribution is 6.01. The van der Waals surface area contributed by atoms with Gasteiger partial charge in [-0.25, -0.2) is 9.59 Å². The smallest absolute Gasteiger partial charge is 0.337 e. The Morgan fingerprint density at radius 1 is 1.48 bits per heavy atom. The first-order valence-corrected chi connectivity index (χ1v) is 6.82. The second-order valence-electron chi connectivity index (χ2n) is 5.07. The number of anilines is 1. The molecule has 0 heterocycles. The zero-order chi connectivity index (χ0) is 15.4. The van der Waals surface area contributed by atoms with Gasteiger partial charge in [-0.15, -0.1) is 0 Å². The van der Waals surface area contributed by atoms with Gasteiger partial charge in [0.1, 0.15) is 0 Å². The number of rotatable bonds is 5. The van der Waals surface area contributed by atoms with E-state index in [9.17, 15) is 14.7 Å². The van der Waals surface area contributed by atoms with Gasteiger partial charge in [0, 0.05) is 12.6 Å². The monoisotopic (exact) mass is 287 g/mol. The third kappa shape index (κ3) is 3.51. The number of para-hydroxylation sites is 1. The Morgan fingerprint density at radius 3 is 2.76 bits per heavy atom. The molecule has 21 heavy (non-hydrogen) atoms. The van der Waals surface area contributed by atoms with Gasteiger partial charge in [-0.1, -0.05) is 12.1 Å². The van der Waals surface area contributed by atoms with Crippen LogP contribution in [0.5, 0.6) is 0 Å². The number of urea groups is 1. The van der Waals surface area contributed by atoms with Gasteiger partial charge >= 0.3 is 12.0 Å². The number of nitrogens with one attached hydrogen (secondary N) is 1. The number of carbonyl (C=O) groups is 2. The van der Waals surface area contributed by atoms with Gasteiger partial charge in [0.2, 0.25) is 0 Å². The van der Waals surface area contributed by atoms with E-state index in [0.717, 1.165) is 12.8 Å². The zero-order valence-corrected chi connectivity index (χ0v) is 11.8. The minimum atomic E-state index is -1.08. The summed E-state index contributed by atoms with van der Waals surface area (Å²) >= 11 is 0. The maximum atomic E-state index is 12.3. The van der Waals surface area contributed by atoms with E-state index in [2.05, 4.69) is 5.32 Å². The van der Waals surface area contributed by atoms with E-state index in [4.69, 9.17) is 5.26 Å². The highest BCUT2D eigenvalue weighted by Gasteiger charge is 2.32. The van der Waals surface area contributed by atoms with Crippen molar-refractivity contribution >= 4 is 17.7 Å². The predicted octanol–water partition coefficient (Wildman–Crippen LogP) is 2.60. The summed E-state index contributed by atoms with van der Waals surface area (Å²) < 4.78 is 0. The number of carbonyl (C=O) groups excluding carboxylic acids is 1. The Morgan fingerprint density at radius 2 is 2.19 bits per heavy atom. The molecule has 1 aromatic carbocycles. The maximum Gasteiger partial charge on any atom is 0.337 e. The van der Waals surface area contributed by atoms with Crippen molar-refractivity contribution in [1.82, 2.24) is 4.90 Å². The van der Waals surface area contributed by atoms with Crippen LogP contribution in [-0.2, 0) is 0 Å². The van der Waals surface area contributed by atoms with E-state index in [1.54, 1.807) is 24.0 Å². The average molecular weight is 287 g/mol. The molecule has 1 aromatic rings. The van der Waals surface area contributed by atoms with Crippen LogP contribution >= 0.6 is 0 Å². The number of benzene rings is 1. The molecule has 2 N–H and O–H groups in total. The molecular formula is C15H17N3O3. The molecule has 1 fully saturated rings. The van der Waals surface area contributed by atoms with E-state index in [1.165, 1.54) is 6.07 Å². The van der Waals surface area contributed by atoms with Crippen molar-refractivity contribution in [3.8, 4) is 6.07 Å². The predicted molar refractivity (Wildman–Crippen MR) is 77.1 cm³/mol. The first-order chi connectivity index (χ1) is 10.0. The fraction of sp³-hybridized carbons (Fsp3) is 0.400. The van der Waals surface area contributed by atoms with Crippen molar-refractivity contribution in [2.75, 3.05) is 11.9 Å². The summed E-state index contributed by atoms with van der Waals surface area (Å²) in [5.74, 6) is -1.08. The van der Waals surface area contributed by atoms with E-state index in [0.29, 0.717) is 17.8 Å². The molecule has 0 aliphatic heterocycles. The van der Waals surface area contributed by atoms with E-state index >= 15 is 0 Å². The van der Waals surface area contributed by atoms with Crippen LogP contribution in [0.4, 0.5) is 10.5 Å². The normalized spacial score (nSPS) is 13.3. The molecule has 1 saturated carbocycles. The van der Waals surface area contributed by atoms with Crippen molar-refractivity contribution < 1.29 is 14.7 Å². The first kappa shape index (κ1) is 14.9. The molecule has 1 aliphatic rings. The van der Waals surface area contributed by atoms with E-state index < -0.39 is 5.97 Å². The van der Waals surface area contributed by atoms with Gasteiger partial charge in [-0.3, -0.25) is 0 Å². The number of aryl methyl sites for hydroxylation is 1. The molecule has 2 amide bonds. The Labute approximate surface area is 123 Å². The summed E-state index contributed by atoms with van der Waals surface area (Å²) in [4.78, 5) is 25.2. The fourth-order valence-electron chi connectivity index (χ4n) is 2.20. The number of carboxylic acids is 1. The van der Waals surface area contributed by atoms with Crippen molar-refractivity contribution in [1.29, 1.82) is 5.26 Å². The largest absolute Gasteiger partial charge is 0.478 e. The quantitative estimate of drug-likeness (QED) is 0.870. The van der Waals surface area contributed by atoms with Crippen LogP contribution in [-0.4, -0.2) is 34.6 Å². The molecule has 110 valence electrons. The van der Waals surface area contributed by atoms with Crippen molar-refractivity contribution in [2.24, 2.45) is 0 Å². The third-order valence-corrected chi connectivity index (χ3v) is 3.45. The lowest BCUT2D eigenvalue weighted by atomic mass is 10.1. The fourth-order valence-corrected chi connectivity index (χ4v) is 2.20. The molecule has 2 rings (SSSR count). The van der Waals surface area contributed by atoms with Crippen LogP contribution in [0.25, 0.3) is 0 Å². The Hall–Kier alpha value is -2.55. The lowest BCUT2D eigenvalue weighted by Crippen LogP contribution is -2.37. The summed E-state index contributed by atoms with van der Waals surface area (Å²) in [6.45, 7) is 2.11. The molecule has 1 aliphatic carbocycles. The van der Waals surface area contributed by atoms with Gasteiger partial charge in [0.15, 0.2) is 0 Å². The first-order valence-electron chi connectivity index (χ1n) is 6.82. The van der Waals surface area contributed by atoms with Gasteiger partial charge in [0.25, 0.3) is 0 Å². The minimum Gasteiger partial charge on any atom is -0.478 e. The van der Waals surface area contributed by atoms with Crippen molar-refractivity contribution in [2.45, 2.75) is 32.2 Å². The van der Waals surface area contributed by atoms with Crippen LogP contribution in [0.15, 0.2) is 18.2 Å². The summed E-state index contributed by atoms with van der Waals surface area (Å²) in [5, 5.41) is 20.5. The van der Waals surface area contributed by atoms with E-state index in [1.807, 2.05) is 6.07 Å². The number of hydrogen-bond donors (Lipinski definition) is 2.